The molecular formula is C15H17FN2OS. The van der Waals surface area contributed by atoms with E-state index in [9.17, 15) is 9.18 Å². The van der Waals surface area contributed by atoms with E-state index in [2.05, 4.69) is 6.58 Å². The molecule has 106 valence electrons. The van der Waals surface area contributed by atoms with Crippen LogP contribution < -0.4 is 5.73 Å². The van der Waals surface area contributed by atoms with Crippen LogP contribution in [0.4, 0.5) is 10.1 Å². The molecule has 0 aliphatic carbocycles. The van der Waals surface area contributed by atoms with E-state index < -0.39 is 5.82 Å². The zero-order chi connectivity index (χ0) is 14.9. The van der Waals surface area contributed by atoms with E-state index in [0.717, 1.165) is 5.57 Å². The summed E-state index contributed by atoms with van der Waals surface area (Å²) in [5.41, 5.74) is 7.09. The average Bonchev–Trinajstić information content (AvgIpc) is 2.73. The Kier molecular flexibility index (Phi) is 4.09. The van der Waals surface area contributed by atoms with Gasteiger partial charge in [-0.05, 0) is 26.0 Å². The topological polar surface area (TPSA) is 46.3 Å². The maximum atomic E-state index is 13.8. The van der Waals surface area contributed by atoms with Crippen LogP contribution in [0.25, 0.3) is 10.1 Å². The Bertz CT molecular complexity index is 678. The number of hydrogen-bond donors (Lipinski definition) is 1. The number of nitrogens with zero attached hydrogens (tertiary/aromatic N) is 1. The molecule has 0 aliphatic rings. The molecule has 0 unspecified atom stereocenters. The molecule has 0 spiro atoms. The number of carbonyl (C=O) groups excluding carboxylic acids is 1. The average molecular weight is 292 g/mol. The summed E-state index contributed by atoms with van der Waals surface area (Å²) < 4.78 is 14.5. The number of fused-ring (bicyclic) bond motifs is 1. The third-order valence-corrected chi connectivity index (χ3v) is 4.18. The molecule has 1 aromatic carbocycles. The predicted octanol–water partition coefficient (Wildman–Crippen LogP) is 3.66. The van der Waals surface area contributed by atoms with Gasteiger partial charge in [-0.2, -0.15) is 0 Å². The zero-order valence-electron chi connectivity index (χ0n) is 11.6. The van der Waals surface area contributed by atoms with Gasteiger partial charge < -0.3 is 10.6 Å². The highest BCUT2D eigenvalue weighted by molar-refractivity contribution is 7.21. The summed E-state index contributed by atoms with van der Waals surface area (Å²) in [5.74, 6) is -0.563. The van der Waals surface area contributed by atoms with Gasteiger partial charge in [0.1, 0.15) is 10.7 Å². The first-order chi connectivity index (χ1) is 9.45. The molecule has 20 heavy (non-hydrogen) atoms. The van der Waals surface area contributed by atoms with Crippen molar-refractivity contribution in [2.75, 3.05) is 18.8 Å². The Morgan fingerprint density at radius 3 is 2.75 bits per heavy atom. The highest BCUT2D eigenvalue weighted by Crippen LogP contribution is 2.36. The largest absolute Gasteiger partial charge is 0.397 e. The Labute approximate surface area is 121 Å². The van der Waals surface area contributed by atoms with Crippen molar-refractivity contribution >= 4 is 33.0 Å². The highest BCUT2D eigenvalue weighted by Gasteiger charge is 2.22. The van der Waals surface area contributed by atoms with Crippen molar-refractivity contribution in [1.29, 1.82) is 0 Å². The summed E-state index contributed by atoms with van der Waals surface area (Å²) in [6.07, 6.45) is 0. The summed E-state index contributed by atoms with van der Waals surface area (Å²) in [6.45, 7) is 8.61. The number of carbonyl (C=O) groups is 1. The van der Waals surface area contributed by atoms with E-state index in [0.29, 0.717) is 28.1 Å². The molecule has 2 rings (SSSR count). The third kappa shape index (κ3) is 2.54. The van der Waals surface area contributed by atoms with Crippen LogP contribution in [0.15, 0.2) is 30.4 Å². The minimum Gasteiger partial charge on any atom is -0.397 e. The number of anilines is 1. The molecule has 3 nitrogen and oxygen atoms in total. The van der Waals surface area contributed by atoms with Crippen LogP contribution in [0.5, 0.6) is 0 Å². The van der Waals surface area contributed by atoms with Gasteiger partial charge in [-0.1, -0.05) is 18.2 Å². The summed E-state index contributed by atoms with van der Waals surface area (Å²) >= 11 is 1.23. The number of benzene rings is 1. The quantitative estimate of drug-likeness (QED) is 0.874. The van der Waals surface area contributed by atoms with E-state index in [1.165, 1.54) is 17.4 Å². The van der Waals surface area contributed by atoms with Gasteiger partial charge in [0.05, 0.1) is 11.1 Å². The van der Waals surface area contributed by atoms with Gasteiger partial charge in [0.25, 0.3) is 5.91 Å². The Morgan fingerprint density at radius 1 is 1.50 bits per heavy atom. The number of nitrogens with two attached hydrogens (primary N) is 1. The Balaban J connectivity index is 2.47. The molecule has 1 amide bonds. The first-order valence-electron chi connectivity index (χ1n) is 6.35. The van der Waals surface area contributed by atoms with Gasteiger partial charge in [0.2, 0.25) is 0 Å². The van der Waals surface area contributed by atoms with Gasteiger partial charge in [0, 0.05) is 17.8 Å². The van der Waals surface area contributed by atoms with Crippen molar-refractivity contribution in [3.8, 4) is 0 Å². The van der Waals surface area contributed by atoms with E-state index in [1.54, 1.807) is 17.0 Å². The molecule has 0 saturated heterocycles. The smallest absolute Gasteiger partial charge is 0.266 e. The Hall–Kier alpha value is -1.88. The monoisotopic (exact) mass is 292 g/mol. The van der Waals surface area contributed by atoms with Crippen molar-refractivity contribution in [3.05, 3.63) is 41.0 Å². The fourth-order valence-electron chi connectivity index (χ4n) is 2.08. The van der Waals surface area contributed by atoms with Gasteiger partial charge >= 0.3 is 0 Å². The van der Waals surface area contributed by atoms with E-state index in [-0.39, 0.29) is 11.6 Å². The number of nitrogen functional groups attached to an aromatic ring is 1. The molecule has 1 aromatic heterocycles. The second-order valence-corrected chi connectivity index (χ2v) is 5.79. The molecule has 0 saturated carbocycles. The second-order valence-electron chi connectivity index (χ2n) is 4.73. The summed E-state index contributed by atoms with van der Waals surface area (Å²) in [7, 11) is 0. The molecule has 0 bridgehead atoms. The molecule has 0 atom stereocenters. The first-order valence-corrected chi connectivity index (χ1v) is 7.17. The van der Waals surface area contributed by atoms with E-state index >= 15 is 0 Å². The maximum absolute atomic E-state index is 13.8. The van der Waals surface area contributed by atoms with Gasteiger partial charge in [-0.15, -0.1) is 11.3 Å². The number of likely N-dealkylation sites (N-methyl/N-ethyl adjacent to an activating group) is 1. The summed E-state index contributed by atoms with van der Waals surface area (Å²) in [5, 5.41) is 0.340. The van der Waals surface area contributed by atoms with Crippen LogP contribution in [0, 0.1) is 5.82 Å². The molecule has 2 aromatic rings. The normalized spacial score (nSPS) is 10.8. The third-order valence-electron chi connectivity index (χ3n) is 3.03. The van der Waals surface area contributed by atoms with E-state index in [1.807, 2.05) is 13.8 Å². The maximum Gasteiger partial charge on any atom is 0.266 e. The molecular weight excluding hydrogens is 275 g/mol. The van der Waals surface area contributed by atoms with Crippen LogP contribution >= 0.6 is 11.3 Å². The number of hydrogen-bond acceptors (Lipinski definition) is 3. The number of amides is 1. The highest BCUT2D eigenvalue weighted by atomic mass is 32.1. The molecule has 0 fully saturated rings. The van der Waals surface area contributed by atoms with Gasteiger partial charge in [-0.25, -0.2) is 4.39 Å². The van der Waals surface area contributed by atoms with Crippen molar-refractivity contribution in [1.82, 2.24) is 4.90 Å². The summed E-state index contributed by atoms with van der Waals surface area (Å²) in [4.78, 5) is 14.6. The van der Waals surface area contributed by atoms with Crippen LogP contribution in [-0.2, 0) is 0 Å². The van der Waals surface area contributed by atoms with Crippen LogP contribution in [0.1, 0.15) is 23.5 Å². The number of rotatable bonds is 4. The second kappa shape index (κ2) is 5.63. The van der Waals surface area contributed by atoms with Crippen LogP contribution in [-0.4, -0.2) is 23.9 Å². The SMILES string of the molecule is C=C(C)CN(CC)C(=O)c1sc2cccc(F)c2c1N. The van der Waals surface area contributed by atoms with Gasteiger partial charge in [0.15, 0.2) is 0 Å². The standard InChI is InChI=1S/C15H17FN2OS/c1-4-18(8-9(2)3)15(19)14-13(17)12-10(16)6-5-7-11(12)20-14/h5-7H,2,4,8,17H2,1,3H3. The predicted molar refractivity (Wildman–Crippen MR) is 82.6 cm³/mol. The van der Waals surface area contributed by atoms with Crippen LogP contribution in [0.3, 0.4) is 0 Å². The van der Waals surface area contributed by atoms with Crippen molar-refractivity contribution in [2.24, 2.45) is 0 Å². The lowest BCUT2D eigenvalue weighted by Gasteiger charge is -2.20. The molecule has 5 heteroatoms. The number of thiophene rings is 1. The van der Waals surface area contributed by atoms with Crippen molar-refractivity contribution in [3.63, 3.8) is 0 Å². The van der Waals surface area contributed by atoms with Crippen LogP contribution in [0.2, 0.25) is 0 Å². The fourth-order valence-corrected chi connectivity index (χ4v) is 3.19. The lowest BCUT2D eigenvalue weighted by Crippen LogP contribution is -2.32. The fraction of sp³-hybridized carbons (Fsp3) is 0.267. The zero-order valence-corrected chi connectivity index (χ0v) is 12.4. The molecule has 0 aliphatic heterocycles. The first kappa shape index (κ1) is 14.5. The van der Waals surface area contributed by atoms with Crippen molar-refractivity contribution in [2.45, 2.75) is 13.8 Å². The van der Waals surface area contributed by atoms with Gasteiger partial charge in [-0.3, -0.25) is 4.79 Å². The number of halogens is 1. The minimum atomic E-state index is -0.391. The van der Waals surface area contributed by atoms with E-state index in [4.69, 9.17) is 5.73 Å². The Morgan fingerprint density at radius 2 is 2.20 bits per heavy atom. The van der Waals surface area contributed by atoms with Crippen molar-refractivity contribution < 1.29 is 9.18 Å². The lowest BCUT2D eigenvalue weighted by atomic mass is 10.2. The molecule has 1 heterocycles. The summed E-state index contributed by atoms with van der Waals surface area (Å²) in [6, 6.07) is 4.74. The molecule has 2 N–H and O–H groups in total. The minimum absolute atomic E-state index is 0.173. The molecule has 0 radical (unpaired) electrons. The lowest BCUT2D eigenvalue weighted by molar-refractivity contribution is 0.0784.